The summed E-state index contributed by atoms with van der Waals surface area (Å²) in [5.74, 6) is 0.583. The van der Waals surface area contributed by atoms with Gasteiger partial charge in [-0.25, -0.2) is 4.98 Å². The average molecular weight is 253 g/mol. The van der Waals surface area contributed by atoms with Crippen molar-refractivity contribution < 1.29 is 4.92 Å². The summed E-state index contributed by atoms with van der Waals surface area (Å²) in [7, 11) is 0. The van der Waals surface area contributed by atoms with E-state index in [0.29, 0.717) is 10.6 Å². The Morgan fingerprint density at radius 2 is 2.41 bits per heavy atom. The van der Waals surface area contributed by atoms with E-state index in [1.807, 2.05) is 11.8 Å². The molecule has 1 aromatic heterocycles. The summed E-state index contributed by atoms with van der Waals surface area (Å²) in [6, 6.07) is 2.88. The molecule has 0 aromatic carbocycles. The highest BCUT2D eigenvalue weighted by atomic mass is 32.2. The summed E-state index contributed by atoms with van der Waals surface area (Å²) in [4.78, 5) is 14.3. The molecule has 1 aromatic rings. The third-order valence-electron chi connectivity index (χ3n) is 3.24. The summed E-state index contributed by atoms with van der Waals surface area (Å²) in [6.07, 6.45) is 7.26. The van der Waals surface area contributed by atoms with Gasteiger partial charge in [0.05, 0.1) is 11.0 Å². The van der Waals surface area contributed by atoms with E-state index in [4.69, 9.17) is 0 Å². The van der Waals surface area contributed by atoms with Crippen LogP contribution in [0, 0.1) is 10.1 Å². The van der Waals surface area contributed by atoms with E-state index in [0.717, 1.165) is 6.54 Å². The number of thioether (sulfide) groups is 1. The molecule has 0 bridgehead atoms. The molecule has 2 rings (SSSR count). The van der Waals surface area contributed by atoms with Crippen molar-refractivity contribution in [1.82, 2.24) is 4.98 Å². The minimum Gasteiger partial charge on any atom is -0.368 e. The van der Waals surface area contributed by atoms with Crippen molar-refractivity contribution in [3.05, 3.63) is 28.4 Å². The van der Waals surface area contributed by atoms with E-state index in [1.54, 1.807) is 0 Å². The van der Waals surface area contributed by atoms with E-state index in [2.05, 4.69) is 16.6 Å². The number of rotatable bonds is 5. The van der Waals surface area contributed by atoms with Crippen LogP contribution in [0.3, 0.4) is 0 Å². The highest BCUT2D eigenvalue weighted by molar-refractivity contribution is 8.00. The first-order valence-corrected chi connectivity index (χ1v) is 6.77. The molecule has 17 heavy (non-hydrogen) atoms. The lowest BCUT2D eigenvalue weighted by molar-refractivity contribution is -0.384. The quantitative estimate of drug-likeness (QED) is 0.645. The molecule has 92 valence electrons. The zero-order valence-corrected chi connectivity index (χ0v) is 10.5. The van der Waals surface area contributed by atoms with Crippen molar-refractivity contribution in [2.24, 2.45) is 0 Å². The largest absolute Gasteiger partial charge is 0.368 e. The molecule has 0 spiro atoms. The Labute approximate surface area is 104 Å². The van der Waals surface area contributed by atoms with Crippen LogP contribution in [0.4, 0.5) is 11.5 Å². The van der Waals surface area contributed by atoms with Gasteiger partial charge in [-0.05, 0) is 19.1 Å². The minimum absolute atomic E-state index is 0.0781. The van der Waals surface area contributed by atoms with Crippen LogP contribution < -0.4 is 5.32 Å². The number of hydrogen-bond acceptors (Lipinski definition) is 5. The van der Waals surface area contributed by atoms with Crippen molar-refractivity contribution in [1.29, 1.82) is 0 Å². The Bertz CT molecular complexity index is 415. The van der Waals surface area contributed by atoms with Crippen molar-refractivity contribution in [2.45, 2.75) is 24.0 Å². The number of anilines is 1. The van der Waals surface area contributed by atoms with Gasteiger partial charge in [0.25, 0.3) is 5.69 Å². The highest BCUT2D eigenvalue weighted by Gasteiger charge is 2.35. The highest BCUT2D eigenvalue weighted by Crippen LogP contribution is 2.42. The van der Waals surface area contributed by atoms with E-state index >= 15 is 0 Å². The van der Waals surface area contributed by atoms with Gasteiger partial charge in [0, 0.05) is 23.6 Å². The number of nitrogens with one attached hydrogen (secondary N) is 1. The Morgan fingerprint density at radius 1 is 1.65 bits per heavy atom. The topological polar surface area (TPSA) is 68.1 Å². The molecule has 0 aliphatic heterocycles. The molecule has 0 unspecified atom stereocenters. The van der Waals surface area contributed by atoms with E-state index in [-0.39, 0.29) is 5.69 Å². The van der Waals surface area contributed by atoms with Gasteiger partial charge in [-0.2, -0.15) is 11.8 Å². The van der Waals surface area contributed by atoms with Gasteiger partial charge >= 0.3 is 0 Å². The van der Waals surface area contributed by atoms with Gasteiger partial charge < -0.3 is 5.32 Å². The van der Waals surface area contributed by atoms with E-state index < -0.39 is 4.92 Å². The second kappa shape index (κ2) is 4.91. The van der Waals surface area contributed by atoms with Gasteiger partial charge in [-0.15, -0.1) is 0 Å². The molecule has 5 nitrogen and oxygen atoms in total. The van der Waals surface area contributed by atoms with Crippen LogP contribution in [0.2, 0.25) is 0 Å². The van der Waals surface area contributed by atoms with Crippen LogP contribution in [-0.4, -0.2) is 27.5 Å². The minimum atomic E-state index is -0.402. The summed E-state index contributed by atoms with van der Waals surface area (Å²) in [5.41, 5.74) is 0.0781. The van der Waals surface area contributed by atoms with Crippen LogP contribution in [0.15, 0.2) is 18.3 Å². The van der Waals surface area contributed by atoms with Crippen LogP contribution in [0.25, 0.3) is 0 Å². The second-order valence-electron chi connectivity index (χ2n) is 4.25. The molecule has 1 fully saturated rings. The number of pyridine rings is 1. The lowest BCUT2D eigenvalue weighted by Gasteiger charge is -2.40. The Balaban J connectivity index is 1.99. The smallest absolute Gasteiger partial charge is 0.274 e. The predicted octanol–water partition coefficient (Wildman–Crippen LogP) is 2.69. The predicted molar refractivity (Wildman–Crippen MR) is 69.5 cm³/mol. The maximum absolute atomic E-state index is 10.6. The summed E-state index contributed by atoms with van der Waals surface area (Å²) < 4.78 is 0.298. The van der Waals surface area contributed by atoms with E-state index in [1.165, 1.54) is 37.6 Å². The Morgan fingerprint density at radius 3 is 2.94 bits per heavy atom. The first-order valence-electron chi connectivity index (χ1n) is 5.55. The SMILES string of the molecule is CSC1(CNc2cc([N+](=O)[O-])ccn2)CCC1. The van der Waals surface area contributed by atoms with Crippen molar-refractivity contribution in [3.63, 3.8) is 0 Å². The average Bonchev–Trinajstić information content (AvgIpc) is 2.28. The van der Waals surface area contributed by atoms with Gasteiger partial charge in [-0.3, -0.25) is 10.1 Å². The Kier molecular flexibility index (Phi) is 3.51. The molecule has 1 N–H and O–H groups in total. The maximum Gasteiger partial charge on any atom is 0.274 e. The summed E-state index contributed by atoms with van der Waals surface area (Å²) in [5, 5.41) is 13.8. The molecule has 0 radical (unpaired) electrons. The molecular formula is C11H15N3O2S. The molecule has 1 heterocycles. The fraction of sp³-hybridized carbons (Fsp3) is 0.545. The molecule has 0 atom stereocenters. The van der Waals surface area contributed by atoms with Gasteiger partial charge in [0.1, 0.15) is 5.82 Å². The number of hydrogen-bond donors (Lipinski definition) is 1. The zero-order chi connectivity index (χ0) is 12.3. The van der Waals surface area contributed by atoms with Gasteiger partial charge in [0.2, 0.25) is 0 Å². The van der Waals surface area contributed by atoms with Gasteiger partial charge in [0.15, 0.2) is 0 Å². The van der Waals surface area contributed by atoms with Crippen molar-refractivity contribution in [2.75, 3.05) is 18.1 Å². The standard InChI is InChI=1S/C11H15N3O2S/c1-17-11(4-2-5-11)8-13-10-7-9(14(15)16)3-6-12-10/h3,6-7H,2,4-5,8H2,1H3,(H,12,13). The van der Waals surface area contributed by atoms with Crippen LogP contribution >= 0.6 is 11.8 Å². The fourth-order valence-electron chi connectivity index (χ4n) is 1.91. The molecule has 6 heteroatoms. The molecule has 0 saturated heterocycles. The second-order valence-corrected chi connectivity index (χ2v) is 5.52. The third-order valence-corrected chi connectivity index (χ3v) is 4.66. The molecule has 1 saturated carbocycles. The summed E-state index contributed by atoms with van der Waals surface area (Å²) >= 11 is 1.86. The lowest BCUT2D eigenvalue weighted by Crippen LogP contribution is -2.40. The molecule has 0 amide bonds. The zero-order valence-electron chi connectivity index (χ0n) is 9.68. The van der Waals surface area contributed by atoms with Gasteiger partial charge in [-0.1, -0.05) is 6.42 Å². The van der Waals surface area contributed by atoms with Crippen LogP contribution in [0.1, 0.15) is 19.3 Å². The monoisotopic (exact) mass is 253 g/mol. The fourth-order valence-corrected chi connectivity index (χ4v) is 2.82. The van der Waals surface area contributed by atoms with Crippen molar-refractivity contribution >= 4 is 23.3 Å². The number of nitrogens with zero attached hydrogens (tertiary/aromatic N) is 2. The summed E-state index contributed by atoms with van der Waals surface area (Å²) in [6.45, 7) is 0.822. The van der Waals surface area contributed by atoms with E-state index in [9.17, 15) is 10.1 Å². The maximum atomic E-state index is 10.6. The Hall–Kier alpha value is -1.30. The molecule has 1 aliphatic carbocycles. The molecule has 1 aliphatic rings. The number of aromatic nitrogens is 1. The molecular weight excluding hydrogens is 238 g/mol. The first-order chi connectivity index (χ1) is 8.15. The number of nitro groups is 1. The normalized spacial score (nSPS) is 17.2. The van der Waals surface area contributed by atoms with Crippen LogP contribution in [0.5, 0.6) is 0 Å². The first kappa shape index (κ1) is 12.2. The van der Waals surface area contributed by atoms with Crippen molar-refractivity contribution in [3.8, 4) is 0 Å². The lowest BCUT2D eigenvalue weighted by atomic mass is 9.84. The van der Waals surface area contributed by atoms with Crippen LogP contribution in [-0.2, 0) is 0 Å². The third kappa shape index (κ3) is 2.69.